The summed E-state index contributed by atoms with van der Waals surface area (Å²) in [5.41, 5.74) is 3.90. The van der Waals surface area contributed by atoms with E-state index in [1.54, 1.807) is 35.7 Å². The predicted molar refractivity (Wildman–Crippen MR) is 146 cm³/mol. The molecule has 11 heteroatoms. The molecule has 0 unspecified atom stereocenters. The number of pyridine rings is 1. The fourth-order valence-corrected chi connectivity index (χ4v) is 6.14. The van der Waals surface area contributed by atoms with E-state index < -0.39 is 5.97 Å². The summed E-state index contributed by atoms with van der Waals surface area (Å²) in [4.78, 5) is 22.1. The molecule has 0 radical (unpaired) electrons. The van der Waals surface area contributed by atoms with Gasteiger partial charge >= 0.3 is 5.97 Å². The van der Waals surface area contributed by atoms with Crippen LogP contribution in [-0.4, -0.2) is 45.4 Å². The third-order valence-corrected chi connectivity index (χ3v) is 8.44. The van der Waals surface area contributed by atoms with Crippen LogP contribution in [0.2, 0.25) is 10.0 Å². The van der Waals surface area contributed by atoms with E-state index in [1.165, 1.54) is 6.07 Å². The Balaban J connectivity index is 1.10. The molecule has 1 N–H and O–H groups in total. The summed E-state index contributed by atoms with van der Waals surface area (Å²) in [5.74, 6) is 0.222. The first-order valence-electron chi connectivity index (χ1n) is 12.4. The summed E-state index contributed by atoms with van der Waals surface area (Å²) in [7, 11) is 0. The molecule has 196 valence electrons. The molecule has 8 nitrogen and oxygen atoms in total. The van der Waals surface area contributed by atoms with Crippen LogP contribution >= 0.6 is 34.5 Å². The number of halogens is 2. The predicted octanol–water partition coefficient (Wildman–Crippen LogP) is 6.93. The van der Waals surface area contributed by atoms with Gasteiger partial charge in [-0.1, -0.05) is 34.4 Å². The van der Waals surface area contributed by atoms with Gasteiger partial charge in [-0.2, -0.15) is 0 Å². The molecule has 38 heavy (non-hydrogen) atoms. The fraction of sp³-hybridized carbons (Fsp3) is 0.333. The van der Waals surface area contributed by atoms with Gasteiger partial charge in [-0.25, -0.2) is 14.8 Å². The van der Waals surface area contributed by atoms with Gasteiger partial charge in [0.2, 0.25) is 0 Å². The lowest BCUT2D eigenvalue weighted by Gasteiger charge is -2.31. The quantitative estimate of drug-likeness (QED) is 0.243. The molecule has 0 atom stereocenters. The monoisotopic (exact) mass is 570 g/mol. The summed E-state index contributed by atoms with van der Waals surface area (Å²) in [6.07, 6.45) is 5.58. The molecular weight excluding hydrogens is 547 g/mol. The van der Waals surface area contributed by atoms with Gasteiger partial charge in [0.05, 0.1) is 28.5 Å². The van der Waals surface area contributed by atoms with Crippen molar-refractivity contribution < 1.29 is 19.2 Å². The van der Waals surface area contributed by atoms with Crippen molar-refractivity contribution in [2.45, 2.75) is 44.3 Å². The number of aromatic carboxylic acids is 1. The van der Waals surface area contributed by atoms with Crippen molar-refractivity contribution in [2.24, 2.45) is 0 Å². The number of piperidine rings is 1. The number of carboxylic acid groups (broad SMARTS) is 1. The number of anilines is 1. The molecule has 3 aromatic heterocycles. The second-order valence-corrected chi connectivity index (χ2v) is 11.1. The van der Waals surface area contributed by atoms with Crippen LogP contribution in [0.1, 0.15) is 53.4 Å². The number of benzene rings is 1. The average molecular weight is 571 g/mol. The number of aromatic nitrogens is 3. The van der Waals surface area contributed by atoms with Crippen LogP contribution < -0.4 is 4.90 Å². The van der Waals surface area contributed by atoms with Gasteiger partial charge in [0.1, 0.15) is 17.1 Å². The zero-order chi connectivity index (χ0) is 26.2. The topological polar surface area (TPSA) is 102 Å². The number of carboxylic acids is 1. The van der Waals surface area contributed by atoms with Crippen LogP contribution in [0.4, 0.5) is 5.13 Å². The minimum Gasteiger partial charge on any atom is -0.477 e. The number of carbonyl (C=O) groups is 1. The van der Waals surface area contributed by atoms with Crippen molar-refractivity contribution in [3.63, 3.8) is 0 Å². The molecule has 1 aliphatic heterocycles. The van der Waals surface area contributed by atoms with E-state index in [-0.39, 0.29) is 11.8 Å². The molecule has 4 aromatic rings. The molecule has 1 aromatic carbocycles. The van der Waals surface area contributed by atoms with Crippen molar-refractivity contribution in [2.75, 3.05) is 18.0 Å². The Morgan fingerprint density at radius 1 is 1.13 bits per heavy atom. The lowest BCUT2D eigenvalue weighted by atomic mass is 10.0. The summed E-state index contributed by atoms with van der Waals surface area (Å²) in [5, 5.41) is 17.4. The zero-order valence-corrected chi connectivity index (χ0v) is 22.6. The van der Waals surface area contributed by atoms with Crippen LogP contribution in [0, 0.1) is 0 Å². The van der Waals surface area contributed by atoms with Crippen LogP contribution in [0.5, 0.6) is 0 Å². The van der Waals surface area contributed by atoms with Gasteiger partial charge in [-0.15, -0.1) is 11.3 Å². The molecule has 0 amide bonds. The third kappa shape index (κ3) is 5.16. The van der Waals surface area contributed by atoms with Crippen molar-refractivity contribution in [1.29, 1.82) is 0 Å². The fourth-order valence-electron chi connectivity index (χ4n) is 4.68. The first kappa shape index (κ1) is 25.3. The van der Waals surface area contributed by atoms with Gasteiger partial charge in [0.25, 0.3) is 0 Å². The molecule has 1 aliphatic carbocycles. The van der Waals surface area contributed by atoms with Gasteiger partial charge in [0.15, 0.2) is 5.13 Å². The van der Waals surface area contributed by atoms with E-state index in [2.05, 4.69) is 15.0 Å². The van der Waals surface area contributed by atoms with E-state index in [0.29, 0.717) is 33.8 Å². The summed E-state index contributed by atoms with van der Waals surface area (Å²) < 4.78 is 12.2. The lowest BCUT2D eigenvalue weighted by molar-refractivity contribution is 0.0246. The molecule has 0 spiro atoms. The zero-order valence-electron chi connectivity index (χ0n) is 20.3. The van der Waals surface area contributed by atoms with Gasteiger partial charge in [0, 0.05) is 47.3 Å². The third-order valence-electron chi connectivity index (χ3n) is 6.91. The highest BCUT2D eigenvalue weighted by molar-refractivity contribution is 7.14. The molecular formula is C27H24Cl2N4O4S. The van der Waals surface area contributed by atoms with Crippen molar-refractivity contribution in [3.8, 4) is 22.5 Å². The highest BCUT2D eigenvalue weighted by atomic mass is 35.5. The highest BCUT2D eigenvalue weighted by Crippen LogP contribution is 2.46. The Morgan fingerprint density at radius 3 is 2.55 bits per heavy atom. The Bertz CT molecular complexity index is 1440. The molecule has 0 bridgehead atoms. The Labute approximate surface area is 233 Å². The Hall–Kier alpha value is -2.98. The SMILES string of the molecule is O=C(O)c1ccc(-c2csc(N3CCC(OCc4c(-c5c(Cl)cccc5Cl)noc4C4CC4)CC3)n2)cn1. The highest BCUT2D eigenvalue weighted by Gasteiger charge is 2.34. The summed E-state index contributed by atoms with van der Waals surface area (Å²) in [6.45, 7) is 2.06. The van der Waals surface area contributed by atoms with Gasteiger partial charge in [-0.3, -0.25) is 0 Å². The standard InChI is InChI=1S/C27H24Cl2N4O4S/c28-19-2-1-3-20(29)23(19)24-18(25(37-32-24)15-4-5-15)13-36-17-8-10-33(11-9-17)27-31-22(14-38-27)16-6-7-21(26(34)35)30-12-16/h1-3,6-7,12,14-15,17H,4-5,8-11,13H2,(H,34,35). The number of hydrogen-bond donors (Lipinski definition) is 1. The van der Waals surface area contributed by atoms with E-state index in [9.17, 15) is 4.79 Å². The van der Waals surface area contributed by atoms with Gasteiger partial charge < -0.3 is 19.3 Å². The minimum atomic E-state index is -1.04. The van der Waals surface area contributed by atoms with Crippen LogP contribution in [0.25, 0.3) is 22.5 Å². The molecule has 2 aliphatic rings. The smallest absolute Gasteiger partial charge is 0.354 e. The average Bonchev–Trinajstić information content (AvgIpc) is 3.49. The van der Waals surface area contributed by atoms with Gasteiger partial charge in [-0.05, 0) is 49.9 Å². The number of rotatable bonds is 8. The van der Waals surface area contributed by atoms with E-state index in [1.807, 2.05) is 11.4 Å². The minimum absolute atomic E-state index is 0.0174. The van der Waals surface area contributed by atoms with Crippen LogP contribution in [0.3, 0.4) is 0 Å². The first-order chi connectivity index (χ1) is 18.5. The summed E-state index contributed by atoms with van der Waals surface area (Å²) in [6, 6.07) is 8.66. The maximum atomic E-state index is 11.0. The maximum Gasteiger partial charge on any atom is 0.354 e. The Morgan fingerprint density at radius 2 is 1.89 bits per heavy atom. The molecule has 1 saturated heterocycles. The second kappa shape index (κ2) is 10.6. The largest absolute Gasteiger partial charge is 0.477 e. The molecule has 6 rings (SSSR count). The molecule has 1 saturated carbocycles. The number of hydrogen-bond acceptors (Lipinski definition) is 8. The molecule has 4 heterocycles. The lowest BCUT2D eigenvalue weighted by Crippen LogP contribution is -2.37. The van der Waals surface area contributed by atoms with Crippen LogP contribution in [-0.2, 0) is 11.3 Å². The van der Waals surface area contributed by atoms with Crippen molar-refractivity contribution in [3.05, 3.63) is 69.0 Å². The normalized spacial score (nSPS) is 16.2. The number of nitrogens with zero attached hydrogens (tertiary/aromatic N) is 4. The summed E-state index contributed by atoms with van der Waals surface area (Å²) >= 11 is 14.5. The first-order valence-corrected chi connectivity index (χ1v) is 14.1. The maximum absolute atomic E-state index is 11.0. The second-order valence-electron chi connectivity index (χ2n) is 9.49. The van der Waals surface area contributed by atoms with E-state index in [0.717, 1.165) is 66.5 Å². The number of ether oxygens (including phenoxy) is 1. The molecule has 2 fully saturated rings. The van der Waals surface area contributed by atoms with E-state index >= 15 is 0 Å². The van der Waals surface area contributed by atoms with E-state index in [4.69, 9.17) is 42.6 Å². The Kier molecular flexibility index (Phi) is 7.09. The van der Waals surface area contributed by atoms with Crippen molar-refractivity contribution in [1.82, 2.24) is 15.1 Å². The van der Waals surface area contributed by atoms with Crippen LogP contribution in [0.15, 0.2) is 46.4 Å². The number of thiazole rings is 1. The van der Waals surface area contributed by atoms with Crippen molar-refractivity contribution >= 4 is 45.6 Å².